The Morgan fingerprint density at radius 1 is 0.581 bits per heavy atom. The van der Waals surface area contributed by atoms with Crippen LogP contribution in [0, 0.1) is 0 Å². The van der Waals surface area contributed by atoms with Crippen LogP contribution < -0.4 is 0 Å². The molecule has 31 heavy (non-hydrogen) atoms. The summed E-state index contributed by atoms with van der Waals surface area (Å²) < 4.78 is 32.6. The molecule has 0 atom stereocenters. The monoisotopic (exact) mass is 464 g/mol. The van der Waals surface area contributed by atoms with E-state index in [1.54, 1.807) is 0 Å². The average molecular weight is 465 g/mol. The number of carbonyl (C=O) groups excluding carboxylic acids is 1. The van der Waals surface area contributed by atoms with E-state index >= 15 is 0 Å². The van der Waals surface area contributed by atoms with E-state index in [1.165, 1.54) is 32.1 Å². The van der Waals surface area contributed by atoms with Crippen LogP contribution in [-0.4, -0.2) is 80.4 Å². The van der Waals surface area contributed by atoms with Crippen LogP contribution in [0.2, 0.25) is 19.6 Å². The third-order valence-electron chi connectivity index (χ3n) is 4.35. The van der Waals surface area contributed by atoms with Gasteiger partial charge in [-0.25, -0.2) is 0 Å². The van der Waals surface area contributed by atoms with E-state index in [9.17, 15) is 4.79 Å². The molecule has 0 aromatic carbocycles. The predicted molar refractivity (Wildman–Crippen MR) is 126 cm³/mol. The zero-order chi connectivity index (χ0) is 23.0. The number of rotatable bonds is 24. The minimum absolute atomic E-state index is 0.127. The highest BCUT2D eigenvalue weighted by Crippen LogP contribution is 2.08. The highest BCUT2D eigenvalue weighted by Gasteiger charge is 2.13. The molecule has 0 rings (SSSR count). The number of esters is 1. The van der Waals surface area contributed by atoms with E-state index in [4.69, 9.17) is 28.1 Å². The van der Waals surface area contributed by atoms with E-state index in [1.807, 2.05) is 0 Å². The van der Waals surface area contributed by atoms with E-state index < -0.39 is 8.32 Å². The molecule has 0 amide bonds. The first-order valence-electron chi connectivity index (χ1n) is 12.1. The van der Waals surface area contributed by atoms with Gasteiger partial charge in [-0.2, -0.15) is 0 Å². The van der Waals surface area contributed by atoms with Gasteiger partial charge in [-0.3, -0.25) is 4.79 Å². The standard InChI is InChI=1S/C23H48O7Si/c1-5-6-7-8-9-10-11-12-23(24)29-21-19-27-17-15-25-13-14-26-16-18-28-20-22-30-31(2,3)4/h5-22H2,1-4H3. The van der Waals surface area contributed by atoms with Crippen LogP contribution in [-0.2, 0) is 32.9 Å². The first kappa shape index (κ1) is 30.5. The minimum atomic E-state index is -1.44. The van der Waals surface area contributed by atoms with Crippen molar-refractivity contribution in [2.24, 2.45) is 0 Å². The van der Waals surface area contributed by atoms with Gasteiger partial charge in [-0.05, 0) is 26.1 Å². The third-order valence-corrected chi connectivity index (χ3v) is 5.42. The smallest absolute Gasteiger partial charge is 0.305 e. The van der Waals surface area contributed by atoms with Gasteiger partial charge in [-0.15, -0.1) is 0 Å². The van der Waals surface area contributed by atoms with Crippen molar-refractivity contribution >= 4 is 14.3 Å². The summed E-state index contributed by atoms with van der Waals surface area (Å²) in [7, 11) is -1.44. The second-order valence-corrected chi connectivity index (χ2v) is 13.0. The lowest BCUT2D eigenvalue weighted by molar-refractivity contribution is -0.145. The summed E-state index contributed by atoms with van der Waals surface area (Å²) in [6.07, 6.45) is 8.90. The van der Waals surface area contributed by atoms with Crippen molar-refractivity contribution < 1.29 is 32.9 Å². The van der Waals surface area contributed by atoms with Crippen LogP contribution in [0.4, 0.5) is 0 Å². The third kappa shape index (κ3) is 27.5. The second kappa shape index (κ2) is 22.7. The Labute approximate surface area is 191 Å². The first-order chi connectivity index (χ1) is 15.0. The number of ether oxygens (including phenoxy) is 5. The maximum Gasteiger partial charge on any atom is 0.305 e. The molecule has 0 unspecified atom stereocenters. The van der Waals surface area contributed by atoms with Crippen molar-refractivity contribution in [1.29, 1.82) is 0 Å². The molecule has 0 heterocycles. The summed E-state index contributed by atoms with van der Waals surface area (Å²) in [4.78, 5) is 11.6. The molecule has 0 bridgehead atoms. The Kier molecular flexibility index (Phi) is 22.3. The Morgan fingerprint density at radius 3 is 1.48 bits per heavy atom. The van der Waals surface area contributed by atoms with Gasteiger partial charge in [-0.1, -0.05) is 45.4 Å². The fourth-order valence-electron chi connectivity index (χ4n) is 2.68. The summed E-state index contributed by atoms with van der Waals surface area (Å²) in [5.41, 5.74) is 0. The quantitative estimate of drug-likeness (QED) is 0.117. The van der Waals surface area contributed by atoms with Crippen molar-refractivity contribution in [1.82, 2.24) is 0 Å². The highest BCUT2D eigenvalue weighted by molar-refractivity contribution is 6.69. The summed E-state index contributed by atoms with van der Waals surface area (Å²) >= 11 is 0. The molecular formula is C23H48O7Si. The van der Waals surface area contributed by atoms with Crippen molar-refractivity contribution in [3.63, 3.8) is 0 Å². The predicted octanol–water partition coefficient (Wildman–Crippen LogP) is 4.59. The molecule has 0 fully saturated rings. The van der Waals surface area contributed by atoms with E-state index in [0.717, 1.165) is 12.8 Å². The van der Waals surface area contributed by atoms with E-state index in [2.05, 4.69) is 26.6 Å². The molecule has 0 aliphatic carbocycles. The molecule has 0 aromatic rings. The summed E-state index contributed by atoms with van der Waals surface area (Å²) in [5, 5.41) is 0. The molecule has 7 nitrogen and oxygen atoms in total. The second-order valence-electron chi connectivity index (χ2n) is 8.50. The summed E-state index contributed by atoms with van der Waals surface area (Å²) in [6.45, 7) is 13.8. The molecule has 0 aliphatic heterocycles. The molecule has 0 saturated carbocycles. The lowest BCUT2D eigenvalue weighted by Crippen LogP contribution is -2.27. The average Bonchev–Trinajstić information content (AvgIpc) is 2.72. The molecule has 0 aromatic heterocycles. The van der Waals surface area contributed by atoms with Crippen LogP contribution in [0.3, 0.4) is 0 Å². The molecule has 8 heteroatoms. The molecule has 0 aliphatic rings. The lowest BCUT2D eigenvalue weighted by Gasteiger charge is -2.16. The van der Waals surface area contributed by atoms with Gasteiger partial charge in [0.05, 0.1) is 59.5 Å². The molecule has 0 radical (unpaired) electrons. The Hall–Kier alpha value is -0.513. The number of hydrogen-bond acceptors (Lipinski definition) is 7. The van der Waals surface area contributed by atoms with Crippen LogP contribution in [0.15, 0.2) is 0 Å². The van der Waals surface area contributed by atoms with Crippen molar-refractivity contribution in [3.8, 4) is 0 Å². The number of unbranched alkanes of at least 4 members (excludes halogenated alkanes) is 6. The van der Waals surface area contributed by atoms with Gasteiger partial charge >= 0.3 is 5.97 Å². The Balaban J connectivity index is 3.15. The van der Waals surface area contributed by atoms with Crippen LogP contribution in [0.1, 0.15) is 58.3 Å². The largest absolute Gasteiger partial charge is 0.463 e. The number of hydrogen-bond donors (Lipinski definition) is 0. The van der Waals surface area contributed by atoms with Gasteiger partial charge in [0.15, 0.2) is 8.32 Å². The van der Waals surface area contributed by atoms with Crippen molar-refractivity contribution in [3.05, 3.63) is 0 Å². The summed E-state index contributed by atoms with van der Waals surface area (Å²) in [5.74, 6) is -0.127. The fourth-order valence-corrected chi connectivity index (χ4v) is 3.38. The molecule has 0 saturated heterocycles. The van der Waals surface area contributed by atoms with Gasteiger partial charge in [0.1, 0.15) is 6.61 Å². The van der Waals surface area contributed by atoms with Crippen molar-refractivity contribution in [2.75, 3.05) is 66.1 Å². The van der Waals surface area contributed by atoms with E-state index in [-0.39, 0.29) is 5.97 Å². The topological polar surface area (TPSA) is 72.5 Å². The van der Waals surface area contributed by atoms with Crippen molar-refractivity contribution in [2.45, 2.75) is 77.9 Å². The van der Waals surface area contributed by atoms with Gasteiger partial charge in [0.25, 0.3) is 0 Å². The SMILES string of the molecule is CCCCCCCCCC(=O)OCCOCCOCCOCCOCCO[Si](C)(C)C. The maximum atomic E-state index is 11.6. The zero-order valence-electron chi connectivity index (χ0n) is 20.6. The molecular weight excluding hydrogens is 416 g/mol. The van der Waals surface area contributed by atoms with Crippen LogP contribution >= 0.6 is 0 Å². The molecule has 186 valence electrons. The molecule has 0 N–H and O–H groups in total. The zero-order valence-corrected chi connectivity index (χ0v) is 21.6. The van der Waals surface area contributed by atoms with Crippen LogP contribution in [0.5, 0.6) is 0 Å². The minimum Gasteiger partial charge on any atom is -0.463 e. The number of carbonyl (C=O) groups is 1. The maximum absolute atomic E-state index is 11.6. The normalized spacial score (nSPS) is 11.7. The Bertz CT molecular complexity index is 389. The van der Waals surface area contributed by atoms with Crippen LogP contribution in [0.25, 0.3) is 0 Å². The van der Waals surface area contributed by atoms with Gasteiger partial charge < -0.3 is 28.1 Å². The highest BCUT2D eigenvalue weighted by atomic mass is 28.4. The molecule has 0 spiro atoms. The van der Waals surface area contributed by atoms with E-state index in [0.29, 0.717) is 72.5 Å². The lowest BCUT2D eigenvalue weighted by atomic mass is 10.1. The summed E-state index contributed by atoms with van der Waals surface area (Å²) in [6, 6.07) is 0. The fraction of sp³-hybridized carbons (Fsp3) is 0.957. The van der Waals surface area contributed by atoms with Gasteiger partial charge in [0, 0.05) is 6.42 Å². The van der Waals surface area contributed by atoms with Gasteiger partial charge in [0.2, 0.25) is 0 Å². The first-order valence-corrected chi connectivity index (χ1v) is 15.5. The Morgan fingerprint density at radius 2 is 1.00 bits per heavy atom.